The predicted octanol–water partition coefficient (Wildman–Crippen LogP) is 1.46. The van der Waals surface area contributed by atoms with Crippen LogP contribution in [0, 0.1) is 5.92 Å². The maximum Gasteiger partial charge on any atom is 0.250 e. The first-order valence-corrected chi connectivity index (χ1v) is 8.73. The van der Waals surface area contributed by atoms with Crippen LogP contribution in [0.4, 0.5) is 0 Å². The standard InChI is InChI=1S/C19H27N3O2/c1-15(13-22-9-7-21(2)8-10-22)12-20-19(23)17-11-16-5-3-4-6-18(16)24-14-17/h3-6,11,15H,7-10,12-14H2,1-2H3,(H,20,23). The SMILES string of the molecule is CC(CNC(=O)C1=Cc2ccccc2OC1)CN1CCN(C)CC1. The van der Waals surface area contributed by atoms with E-state index in [9.17, 15) is 4.79 Å². The largest absolute Gasteiger partial charge is 0.488 e. The molecule has 2 aliphatic heterocycles. The number of carbonyl (C=O) groups is 1. The Morgan fingerprint density at radius 3 is 2.79 bits per heavy atom. The summed E-state index contributed by atoms with van der Waals surface area (Å²) in [6.07, 6.45) is 1.93. The van der Waals surface area contributed by atoms with Gasteiger partial charge in [0.25, 0.3) is 5.91 Å². The molecule has 2 aliphatic rings. The minimum atomic E-state index is -0.0188. The third kappa shape index (κ3) is 4.36. The Labute approximate surface area is 144 Å². The average Bonchev–Trinajstić information content (AvgIpc) is 2.61. The lowest BCUT2D eigenvalue weighted by Gasteiger charge is -2.34. The van der Waals surface area contributed by atoms with E-state index in [0.717, 1.165) is 44.0 Å². The van der Waals surface area contributed by atoms with Crippen LogP contribution in [0.5, 0.6) is 5.75 Å². The molecule has 1 fully saturated rings. The normalized spacial score (nSPS) is 19.8. The molecule has 0 aromatic heterocycles. The monoisotopic (exact) mass is 329 g/mol. The highest BCUT2D eigenvalue weighted by molar-refractivity contribution is 5.99. The summed E-state index contributed by atoms with van der Waals surface area (Å²) in [5.74, 6) is 1.27. The number of ether oxygens (including phenoxy) is 1. The number of benzene rings is 1. The summed E-state index contributed by atoms with van der Waals surface area (Å²) in [6, 6.07) is 7.80. The summed E-state index contributed by atoms with van der Waals surface area (Å²) >= 11 is 0. The van der Waals surface area contributed by atoms with E-state index >= 15 is 0 Å². The number of amides is 1. The Kier molecular flexibility index (Phi) is 5.53. The first-order chi connectivity index (χ1) is 11.6. The molecule has 3 rings (SSSR count). The van der Waals surface area contributed by atoms with Gasteiger partial charge in [0, 0.05) is 44.8 Å². The van der Waals surface area contributed by atoms with Gasteiger partial charge in [0.1, 0.15) is 12.4 Å². The highest BCUT2D eigenvalue weighted by Crippen LogP contribution is 2.25. The van der Waals surface area contributed by atoms with Gasteiger partial charge in [-0.05, 0) is 25.1 Å². The zero-order valence-electron chi connectivity index (χ0n) is 14.6. The van der Waals surface area contributed by atoms with Crippen molar-refractivity contribution in [2.45, 2.75) is 6.92 Å². The van der Waals surface area contributed by atoms with Gasteiger partial charge in [-0.1, -0.05) is 25.1 Å². The van der Waals surface area contributed by atoms with E-state index in [1.807, 2.05) is 30.3 Å². The first kappa shape index (κ1) is 17.0. The Morgan fingerprint density at radius 2 is 2.00 bits per heavy atom. The second kappa shape index (κ2) is 7.81. The van der Waals surface area contributed by atoms with Gasteiger partial charge in [0.05, 0.1) is 5.57 Å². The fourth-order valence-electron chi connectivity index (χ4n) is 3.16. The molecule has 0 spiro atoms. The van der Waals surface area contributed by atoms with Crippen molar-refractivity contribution in [2.24, 2.45) is 5.92 Å². The Morgan fingerprint density at radius 1 is 1.25 bits per heavy atom. The molecule has 1 N–H and O–H groups in total. The number of nitrogens with zero attached hydrogens (tertiary/aromatic N) is 2. The van der Waals surface area contributed by atoms with Gasteiger partial charge < -0.3 is 19.9 Å². The molecule has 0 saturated carbocycles. The third-order valence-electron chi connectivity index (χ3n) is 4.70. The molecule has 24 heavy (non-hydrogen) atoms. The summed E-state index contributed by atoms with van der Waals surface area (Å²) in [6.45, 7) is 8.76. The number of hydrogen-bond donors (Lipinski definition) is 1. The van der Waals surface area contributed by atoms with E-state index in [1.165, 1.54) is 0 Å². The number of para-hydroxylation sites is 1. The molecule has 0 aliphatic carbocycles. The Hall–Kier alpha value is -1.85. The van der Waals surface area contributed by atoms with Gasteiger partial charge in [-0.2, -0.15) is 0 Å². The van der Waals surface area contributed by atoms with Crippen molar-refractivity contribution in [3.63, 3.8) is 0 Å². The zero-order valence-corrected chi connectivity index (χ0v) is 14.6. The number of piperazine rings is 1. The summed E-state index contributed by atoms with van der Waals surface area (Å²) in [4.78, 5) is 17.2. The lowest BCUT2D eigenvalue weighted by Crippen LogP contribution is -2.47. The van der Waals surface area contributed by atoms with Crippen LogP contribution in [0.2, 0.25) is 0 Å². The molecule has 0 bridgehead atoms. The molecule has 1 unspecified atom stereocenters. The van der Waals surface area contributed by atoms with Gasteiger partial charge in [0.15, 0.2) is 0 Å². The second-order valence-electron chi connectivity index (χ2n) is 6.92. The summed E-state index contributed by atoms with van der Waals surface area (Å²) in [7, 11) is 2.17. The maximum absolute atomic E-state index is 12.4. The van der Waals surface area contributed by atoms with Crippen molar-refractivity contribution < 1.29 is 9.53 Å². The molecule has 2 heterocycles. The predicted molar refractivity (Wildman–Crippen MR) is 96.0 cm³/mol. The number of hydrogen-bond acceptors (Lipinski definition) is 4. The summed E-state index contributed by atoms with van der Waals surface area (Å²) in [5.41, 5.74) is 1.67. The smallest absolute Gasteiger partial charge is 0.250 e. The van der Waals surface area contributed by atoms with Crippen LogP contribution < -0.4 is 10.1 Å². The van der Waals surface area contributed by atoms with Crippen molar-refractivity contribution in [1.29, 1.82) is 0 Å². The van der Waals surface area contributed by atoms with E-state index in [4.69, 9.17) is 4.74 Å². The van der Waals surface area contributed by atoms with Crippen molar-refractivity contribution in [1.82, 2.24) is 15.1 Å². The van der Waals surface area contributed by atoms with Crippen LogP contribution in [0.15, 0.2) is 29.8 Å². The van der Waals surface area contributed by atoms with E-state index < -0.39 is 0 Å². The van der Waals surface area contributed by atoms with Gasteiger partial charge in [-0.15, -0.1) is 0 Å². The molecule has 1 aromatic rings. The molecule has 1 saturated heterocycles. The van der Waals surface area contributed by atoms with E-state index in [0.29, 0.717) is 24.6 Å². The number of carbonyl (C=O) groups excluding carboxylic acids is 1. The molecule has 5 heteroatoms. The lowest BCUT2D eigenvalue weighted by atomic mass is 10.1. The molecule has 130 valence electrons. The first-order valence-electron chi connectivity index (χ1n) is 8.73. The minimum Gasteiger partial charge on any atom is -0.488 e. The van der Waals surface area contributed by atoms with Crippen LogP contribution in [-0.4, -0.2) is 68.6 Å². The average molecular weight is 329 g/mol. The van der Waals surface area contributed by atoms with Gasteiger partial charge >= 0.3 is 0 Å². The van der Waals surface area contributed by atoms with Crippen LogP contribution in [0.3, 0.4) is 0 Å². The molecule has 1 amide bonds. The number of fused-ring (bicyclic) bond motifs is 1. The summed E-state index contributed by atoms with van der Waals surface area (Å²) in [5, 5.41) is 3.06. The lowest BCUT2D eigenvalue weighted by molar-refractivity contribution is -0.118. The summed E-state index contributed by atoms with van der Waals surface area (Å²) < 4.78 is 5.65. The highest BCUT2D eigenvalue weighted by Gasteiger charge is 2.19. The minimum absolute atomic E-state index is 0.0188. The van der Waals surface area contributed by atoms with Crippen LogP contribution >= 0.6 is 0 Å². The van der Waals surface area contributed by atoms with E-state index in [2.05, 4.69) is 29.1 Å². The van der Waals surface area contributed by atoms with Crippen molar-refractivity contribution in [2.75, 3.05) is 52.9 Å². The molecular weight excluding hydrogens is 302 g/mol. The van der Waals surface area contributed by atoms with Crippen LogP contribution in [0.25, 0.3) is 6.08 Å². The zero-order chi connectivity index (χ0) is 16.9. The van der Waals surface area contributed by atoms with E-state index in [1.54, 1.807) is 0 Å². The molecule has 1 aromatic carbocycles. The molecule has 0 radical (unpaired) electrons. The maximum atomic E-state index is 12.4. The van der Waals surface area contributed by atoms with Crippen molar-refractivity contribution in [3.05, 3.63) is 35.4 Å². The number of rotatable bonds is 5. The fraction of sp³-hybridized carbons (Fsp3) is 0.526. The quantitative estimate of drug-likeness (QED) is 0.888. The number of nitrogens with one attached hydrogen (secondary N) is 1. The van der Waals surface area contributed by atoms with E-state index in [-0.39, 0.29) is 5.91 Å². The van der Waals surface area contributed by atoms with Crippen molar-refractivity contribution in [3.8, 4) is 5.75 Å². The third-order valence-corrected chi connectivity index (χ3v) is 4.70. The topological polar surface area (TPSA) is 44.8 Å². The second-order valence-corrected chi connectivity index (χ2v) is 6.92. The Bertz CT molecular complexity index is 606. The fourth-order valence-corrected chi connectivity index (χ4v) is 3.16. The number of likely N-dealkylation sites (N-methyl/N-ethyl adjacent to an activating group) is 1. The van der Waals surface area contributed by atoms with Crippen LogP contribution in [-0.2, 0) is 4.79 Å². The van der Waals surface area contributed by atoms with Gasteiger partial charge in [-0.25, -0.2) is 0 Å². The Balaban J connectivity index is 1.46. The molecular formula is C19H27N3O2. The highest BCUT2D eigenvalue weighted by atomic mass is 16.5. The van der Waals surface area contributed by atoms with Gasteiger partial charge in [-0.3, -0.25) is 4.79 Å². The van der Waals surface area contributed by atoms with Crippen LogP contribution in [0.1, 0.15) is 12.5 Å². The molecule has 1 atom stereocenters. The molecule has 5 nitrogen and oxygen atoms in total. The van der Waals surface area contributed by atoms with Crippen molar-refractivity contribution >= 4 is 12.0 Å². The van der Waals surface area contributed by atoms with Gasteiger partial charge in [0.2, 0.25) is 0 Å².